The lowest BCUT2D eigenvalue weighted by molar-refractivity contribution is 0.102. The van der Waals surface area contributed by atoms with Crippen LogP contribution in [0.1, 0.15) is 26.3 Å². The summed E-state index contributed by atoms with van der Waals surface area (Å²) in [5, 5.41) is 47.9. The van der Waals surface area contributed by atoms with Crippen LogP contribution in [0.4, 0.5) is 0 Å². The van der Waals surface area contributed by atoms with E-state index in [2.05, 4.69) is 0 Å². The van der Waals surface area contributed by atoms with Crippen LogP contribution in [0.5, 0.6) is 34.5 Å². The van der Waals surface area contributed by atoms with Crippen LogP contribution in [0.2, 0.25) is 0 Å². The van der Waals surface area contributed by atoms with Gasteiger partial charge in [-0.2, -0.15) is 0 Å². The number of aldehydes is 1. The summed E-state index contributed by atoms with van der Waals surface area (Å²) in [5.41, 5.74) is -1.16. The molecule has 5 N–H and O–H groups in total. The van der Waals surface area contributed by atoms with Crippen LogP contribution in [0.15, 0.2) is 18.2 Å². The molecule has 0 aliphatic heterocycles. The molecule has 2 rings (SSSR count). The van der Waals surface area contributed by atoms with E-state index in [1.165, 1.54) is 7.11 Å². The Labute approximate surface area is 129 Å². The highest BCUT2D eigenvalue weighted by Gasteiger charge is 2.25. The van der Waals surface area contributed by atoms with Crippen molar-refractivity contribution in [3.63, 3.8) is 0 Å². The maximum atomic E-state index is 12.5. The predicted molar refractivity (Wildman–Crippen MR) is 76.6 cm³/mol. The minimum Gasteiger partial charge on any atom is -0.504 e. The Hall–Kier alpha value is -3.42. The summed E-state index contributed by atoms with van der Waals surface area (Å²) in [6.45, 7) is 0. The molecule has 0 heterocycles. The zero-order valence-corrected chi connectivity index (χ0v) is 11.8. The van der Waals surface area contributed by atoms with Crippen molar-refractivity contribution in [2.45, 2.75) is 0 Å². The van der Waals surface area contributed by atoms with Crippen molar-refractivity contribution >= 4 is 12.1 Å². The van der Waals surface area contributed by atoms with E-state index < -0.39 is 40.1 Å². The highest BCUT2D eigenvalue weighted by Crippen LogP contribution is 2.42. The second kappa shape index (κ2) is 5.76. The van der Waals surface area contributed by atoms with Crippen LogP contribution in [-0.2, 0) is 0 Å². The molecule has 8 heteroatoms. The number of phenols is 5. The van der Waals surface area contributed by atoms with Crippen molar-refractivity contribution in [3.8, 4) is 34.5 Å². The number of rotatable bonds is 4. The molecule has 0 aliphatic carbocycles. The molecule has 2 aromatic carbocycles. The minimum atomic E-state index is -0.983. The van der Waals surface area contributed by atoms with Crippen LogP contribution in [0.3, 0.4) is 0 Å². The van der Waals surface area contributed by atoms with Crippen molar-refractivity contribution in [1.82, 2.24) is 0 Å². The van der Waals surface area contributed by atoms with Gasteiger partial charge in [-0.15, -0.1) is 0 Å². The van der Waals surface area contributed by atoms with Gasteiger partial charge in [-0.25, -0.2) is 0 Å². The van der Waals surface area contributed by atoms with Gasteiger partial charge in [-0.05, 0) is 18.2 Å². The van der Waals surface area contributed by atoms with Crippen molar-refractivity contribution in [3.05, 3.63) is 34.9 Å². The van der Waals surface area contributed by atoms with E-state index in [1.54, 1.807) is 0 Å². The van der Waals surface area contributed by atoms with Crippen LogP contribution < -0.4 is 4.74 Å². The maximum absolute atomic E-state index is 12.5. The molecule has 0 bridgehead atoms. The summed E-state index contributed by atoms with van der Waals surface area (Å²) in [7, 11) is 1.20. The Morgan fingerprint density at radius 2 is 1.57 bits per heavy atom. The normalized spacial score (nSPS) is 10.3. The third-order valence-corrected chi connectivity index (χ3v) is 3.18. The molecular formula is C15H12O8. The summed E-state index contributed by atoms with van der Waals surface area (Å²) in [6.07, 6.45) is 0.212. The Bertz CT molecular complexity index is 810. The second-order valence-electron chi connectivity index (χ2n) is 4.55. The lowest BCUT2D eigenvalue weighted by Crippen LogP contribution is -2.06. The van der Waals surface area contributed by atoms with Gasteiger partial charge in [0.15, 0.2) is 35.1 Å². The zero-order valence-electron chi connectivity index (χ0n) is 11.8. The molecule has 0 spiro atoms. The fourth-order valence-corrected chi connectivity index (χ4v) is 2.02. The van der Waals surface area contributed by atoms with Crippen molar-refractivity contribution in [1.29, 1.82) is 0 Å². The van der Waals surface area contributed by atoms with Crippen LogP contribution in [0, 0.1) is 0 Å². The number of ether oxygens (including phenoxy) is 1. The molecule has 0 aromatic heterocycles. The highest BCUT2D eigenvalue weighted by molar-refractivity contribution is 6.15. The number of hydrogen-bond acceptors (Lipinski definition) is 8. The third kappa shape index (κ3) is 2.57. The summed E-state index contributed by atoms with van der Waals surface area (Å²) in [6, 6.07) is 2.79. The molecule has 2 aromatic rings. The van der Waals surface area contributed by atoms with Gasteiger partial charge in [0.25, 0.3) is 0 Å². The minimum absolute atomic E-state index is 0.205. The lowest BCUT2D eigenvalue weighted by atomic mass is 9.96. The third-order valence-electron chi connectivity index (χ3n) is 3.18. The van der Waals surface area contributed by atoms with Gasteiger partial charge in [0.2, 0.25) is 11.5 Å². The van der Waals surface area contributed by atoms with Gasteiger partial charge >= 0.3 is 0 Å². The number of methoxy groups -OCH3 is 1. The first-order valence-corrected chi connectivity index (χ1v) is 6.19. The van der Waals surface area contributed by atoms with Crippen LogP contribution in [0.25, 0.3) is 0 Å². The topological polar surface area (TPSA) is 145 Å². The van der Waals surface area contributed by atoms with Crippen LogP contribution >= 0.6 is 0 Å². The zero-order chi connectivity index (χ0) is 17.3. The van der Waals surface area contributed by atoms with Crippen LogP contribution in [-0.4, -0.2) is 44.7 Å². The standard InChI is InChI=1S/C15H12O8/c1-23-10-4-6(2-8(17)13(10)20)12(19)11-7(5-16)3-9(18)14(21)15(11)22/h2-5,17-18,20-22H,1H3. The Balaban J connectivity index is 2.69. The maximum Gasteiger partial charge on any atom is 0.201 e. The van der Waals surface area contributed by atoms with E-state index in [0.29, 0.717) is 0 Å². The molecule has 0 fully saturated rings. The van der Waals surface area contributed by atoms with Gasteiger partial charge in [-0.3, -0.25) is 9.59 Å². The molecule has 0 radical (unpaired) electrons. The summed E-state index contributed by atoms with van der Waals surface area (Å²) < 4.78 is 4.80. The van der Waals surface area contributed by atoms with Gasteiger partial charge in [-0.1, -0.05) is 0 Å². The number of carbonyl (C=O) groups excluding carboxylic acids is 2. The predicted octanol–water partition coefficient (Wildman–Crippen LogP) is 1.27. The lowest BCUT2D eigenvalue weighted by Gasteiger charge is -2.12. The quantitative estimate of drug-likeness (QED) is 0.322. The Morgan fingerprint density at radius 1 is 0.957 bits per heavy atom. The van der Waals surface area contributed by atoms with Crippen molar-refractivity contribution in [2.24, 2.45) is 0 Å². The molecule has 8 nitrogen and oxygen atoms in total. The van der Waals surface area contributed by atoms with Gasteiger partial charge in [0.05, 0.1) is 12.7 Å². The number of aromatic hydroxyl groups is 5. The number of phenolic OH excluding ortho intramolecular Hbond substituents is 5. The first-order valence-electron chi connectivity index (χ1n) is 6.19. The molecule has 120 valence electrons. The van der Waals surface area contributed by atoms with Gasteiger partial charge in [0.1, 0.15) is 0 Å². The molecule has 23 heavy (non-hydrogen) atoms. The molecule has 0 amide bonds. The first kappa shape index (κ1) is 16.0. The summed E-state index contributed by atoms with van der Waals surface area (Å²) >= 11 is 0. The fraction of sp³-hybridized carbons (Fsp3) is 0.0667. The van der Waals surface area contributed by atoms with E-state index >= 15 is 0 Å². The largest absolute Gasteiger partial charge is 0.504 e. The average Bonchev–Trinajstić information content (AvgIpc) is 2.54. The second-order valence-corrected chi connectivity index (χ2v) is 4.55. The first-order chi connectivity index (χ1) is 10.8. The number of carbonyl (C=O) groups is 2. The summed E-state index contributed by atoms with van der Waals surface area (Å²) in [5.74, 6) is -5.10. The Morgan fingerprint density at radius 3 is 2.13 bits per heavy atom. The van der Waals surface area contributed by atoms with E-state index in [-0.39, 0.29) is 23.2 Å². The Kier molecular flexibility index (Phi) is 4.00. The number of hydrogen-bond donors (Lipinski definition) is 5. The molecule has 0 atom stereocenters. The molecule has 0 saturated heterocycles. The van der Waals surface area contributed by atoms with E-state index in [4.69, 9.17) is 4.74 Å². The molecule has 0 aliphatic rings. The van der Waals surface area contributed by atoms with E-state index in [0.717, 1.165) is 18.2 Å². The van der Waals surface area contributed by atoms with E-state index in [9.17, 15) is 35.1 Å². The number of benzene rings is 2. The average molecular weight is 320 g/mol. The van der Waals surface area contributed by atoms with E-state index in [1.807, 2.05) is 0 Å². The molecule has 0 saturated carbocycles. The summed E-state index contributed by atoms with van der Waals surface area (Å²) in [4.78, 5) is 23.5. The van der Waals surface area contributed by atoms with Gasteiger partial charge < -0.3 is 30.3 Å². The van der Waals surface area contributed by atoms with Crippen molar-refractivity contribution < 1.29 is 39.9 Å². The van der Waals surface area contributed by atoms with Gasteiger partial charge in [0, 0.05) is 11.1 Å². The van der Waals surface area contributed by atoms with Crippen molar-refractivity contribution in [2.75, 3.05) is 7.11 Å². The molecular weight excluding hydrogens is 308 g/mol. The SMILES string of the molecule is COc1cc(C(=O)c2c(C=O)cc(O)c(O)c2O)cc(O)c1O. The molecule has 0 unspecified atom stereocenters. The number of ketones is 1. The monoisotopic (exact) mass is 320 g/mol. The highest BCUT2D eigenvalue weighted by atomic mass is 16.5. The fourth-order valence-electron chi connectivity index (χ4n) is 2.02. The smallest absolute Gasteiger partial charge is 0.201 e.